The summed E-state index contributed by atoms with van der Waals surface area (Å²) in [5, 5.41) is 19.7. The van der Waals surface area contributed by atoms with E-state index in [0.29, 0.717) is 11.1 Å². The first kappa shape index (κ1) is 11.7. The number of ether oxygens (including phenoxy) is 1. The molecule has 1 heterocycles. The van der Waals surface area contributed by atoms with Crippen molar-refractivity contribution >= 4 is 5.97 Å². The Morgan fingerprint density at radius 3 is 2.53 bits per heavy atom. The number of aliphatic hydroxyl groups is 1. The standard InChI is InChI=1S/C15H12O4/c16-10-6-7-11-12(8-10)19-15(18)13(14(11)17)9-4-2-1-3-5-9/h1-8,13-14,16-17H. The maximum atomic E-state index is 12.0. The first-order chi connectivity index (χ1) is 9.16. The number of rotatable bonds is 1. The summed E-state index contributed by atoms with van der Waals surface area (Å²) in [6, 6.07) is 13.4. The molecule has 1 aliphatic heterocycles. The molecule has 96 valence electrons. The Kier molecular flexibility index (Phi) is 2.72. The number of benzene rings is 2. The first-order valence-corrected chi connectivity index (χ1v) is 5.94. The van der Waals surface area contributed by atoms with Crippen molar-refractivity contribution < 1.29 is 19.7 Å². The Morgan fingerprint density at radius 1 is 1.05 bits per heavy atom. The minimum atomic E-state index is -0.973. The monoisotopic (exact) mass is 256 g/mol. The molecular weight excluding hydrogens is 244 g/mol. The number of fused-ring (bicyclic) bond motifs is 1. The van der Waals surface area contributed by atoms with Crippen LogP contribution in [0.3, 0.4) is 0 Å². The van der Waals surface area contributed by atoms with E-state index in [9.17, 15) is 15.0 Å². The molecule has 2 aromatic rings. The molecule has 0 bridgehead atoms. The molecule has 0 saturated carbocycles. The number of hydrogen-bond donors (Lipinski definition) is 2. The summed E-state index contributed by atoms with van der Waals surface area (Å²) in [6.45, 7) is 0. The van der Waals surface area contributed by atoms with Gasteiger partial charge in [0.2, 0.25) is 0 Å². The lowest BCUT2D eigenvalue weighted by Gasteiger charge is -2.28. The zero-order chi connectivity index (χ0) is 13.4. The lowest BCUT2D eigenvalue weighted by atomic mass is 9.87. The van der Waals surface area contributed by atoms with Gasteiger partial charge in [0.05, 0.1) is 0 Å². The quantitative estimate of drug-likeness (QED) is 0.606. The van der Waals surface area contributed by atoms with Crippen LogP contribution < -0.4 is 4.74 Å². The molecule has 0 amide bonds. The van der Waals surface area contributed by atoms with E-state index in [1.54, 1.807) is 18.2 Å². The summed E-state index contributed by atoms with van der Waals surface area (Å²) >= 11 is 0. The topological polar surface area (TPSA) is 66.8 Å². The molecule has 0 aromatic heterocycles. The van der Waals surface area contributed by atoms with Crippen molar-refractivity contribution in [3.8, 4) is 11.5 Å². The summed E-state index contributed by atoms with van der Waals surface area (Å²) in [5.41, 5.74) is 1.21. The fourth-order valence-electron chi connectivity index (χ4n) is 2.31. The van der Waals surface area contributed by atoms with Gasteiger partial charge in [-0.05, 0) is 17.7 Å². The Balaban J connectivity index is 2.06. The van der Waals surface area contributed by atoms with Crippen molar-refractivity contribution in [3.63, 3.8) is 0 Å². The molecule has 2 aromatic carbocycles. The zero-order valence-corrected chi connectivity index (χ0v) is 9.98. The van der Waals surface area contributed by atoms with Crippen molar-refractivity contribution in [2.45, 2.75) is 12.0 Å². The molecule has 2 unspecified atom stereocenters. The van der Waals surface area contributed by atoms with Gasteiger partial charge in [-0.25, -0.2) is 0 Å². The highest BCUT2D eigenvalue weighted by molar-refractivity contribution is 5.84. The van der Waals surface area contributed by atoms with Gasteiger partial charge in [0.25, 0.3) is 0 Å². The Bertz CT molecular complexity index is 621. The third kappa shape index (κ3) is 1.96. The Labute approximate surface area is 109 Å². The minimum absolute atomic E-state index is 0.00286. The van der Waals surface area contributed by atoms with E-state index in [4.69, 9.17) is 4.74 Å². The van der Waals surface area contributed by atoms with Gasteiger partial charge in [-0.15, -0.1) is 0 Å². The average Bonchev–Trinajstić information content (AvgIpc) is 2.39. The minimum Gasteiger partial charge on any atom is -0.508 e. The summed E-state index contributed by atoms with van der Waals surface area (Å²) in [4.78, 5) is 12.0. The SMILES string of the molecule is O=C1Oc2cc(O)ccc2C(O)C1c1ccccc1. The second-order valence-corrected chi connectivity index (χ2v) is 4.48. The summed E-state index contributed by atoms with van der Waals surface area (Å²) in [5.74, 6) is -1.04. The lowest BCUT2D eigenvalue weighted by Crippen LogP contribution is -2.29. The molecule has 4 nitrogen and oxygen atoms in total. The summed E-state index contributed by atoms with van der Waals surface area (Å²) < 4.78 is 5.19. The van der Waals surface area contributed by atoms with Crippen molar-refractivity contribution in [2.75, 3.05) is 0 Å². The lowest BCUT2D eigenvalue weighted by molar-refractivity contribution is -0.141. The van der Waals surface area contributed by atoms with E-state index in [2.05, 4.69) is 0 Å². The van der Waals surface area contributed by atoms with Gasteiger partial charge >= 0.3 is 5.97 Å². The molecule has 1 aliphatic rings. The van der Waals surface area contributed by atoms with E-state index in [1.807, 2.05) is 18.2 Å². The maximum Gasteiger partial charge on any atom is 0.321 e. The van der Waals surface area contributed by atoms with Gasteiger partial charge in [0.1, 0.15) is 23.5 Å². The average molecular weight is 256 g/mol. The normalized spacial score (nSPS) is 21.6. The van der Waals surface area contributed by atoms with Crippen LogP contribution >= 0.6 is 0 Å². The fraction of sp³-hybridized carbons (Fsp3) is 0.133. The van der Waals surface area contributed by atoms with E-state index in [-0.39, 0.29) is 11.5 Å². The highest BCUT2D eigenvalue weighted by Gasteiger charge is 2.37. The number of hydrogen-bond acceptors (Lipinski definition) is 4. The van der Waals surface area contributed by atoms with E-state index in [0.717, 1.165) is 0 Å². The molecule has 0 radical (unpaired) electrons. The van der Waals surface area contributed by atoms with Crippen LogP contribution in [0, 0.1) is 0 Å². The fourth-order valence-corrected chi connectivity index (χ4v) is 2.31. The van der Waals surface area contributed by atoms with Crippen molar-refractivity contribution in [3.05, 3.63) is 59.7 Å². The van der Waals surface area contributed by atoms with Gasteiger partial charge in [0, 0.05) is 11.6 Å². The van der Waals surface area contributed by atoms with Gasteiger partial charge < -0.3 is 14.9 Å². The number of carbonyl (C=O) groups is 1. The van der Waals surface area contributed by atoms with Gasteiger partial charge in [-0.1, -0.05) is 30.3 Å². The van der Waals surface area contributed by atoms with Crippen molar-refractivity contribution in [1.82, 2.24) is 0 Å². The van der Waals surface area contributed by atoms with Crippen LogP contribution in [0.1, 0.15) is 23.1 Å². The summed E-state index contributed by atoms with van der Waals surface area (Å²) in [7, 11) is 0. The maximum absolute atomic E-state index is 12.0. The molecule has 2 atom stereocenters. The van der Waals surface area contributed by atoms with Gasteiger partial charge in [-0.3, -0.25) is 4.79 Å². The second kappa shape index (κ2) is 4.40. The van der Waals surface area contributed by atoms with Crippen LogP contribution in [0.25, 0.3) is 0 Å². The Morgan fingerprint density at radius 2 is 1.79 bits per heavy atom. The van der Waals surface area contributed by atoms with Crippen molar-refractivity contribution in [1.29, 1.82) is 0 Å². The second-order valence-electron chi connectivity index (χ2n) is 4.48. The predicted octanol–water partition coefficient (Wildman–Crippen LogP) is 2.13. The van der Waals surface area contributed by atoms with E-state index < -0.39 is 18.0 Å². The Hall–Kier alpha value is -2.33. The third-order valence-corrected chi connectivity index (χ3v) is 3.25. The highest BCUT2D eigenvalue weighted by Crippen LogP contribution is 2.42. The number of carbonyl (C=O) groups excluding carboxylic acids is 1. The summed E-state index contributed by atoms with van der Waals surface area (Å²) in [6.07, 6.45) is -0.973. The number of phenolic OH excluding ortho intramolecular Hbond substituents is 1. The van der Waals surface area contributed by atoms with Crippen LogP contribution in [-0.2, 0) is 4.79 Å². The smallest absolute Gasteiger partial charge is 0.321 e. The number of phenols is 1. The molecule has 3 rings (SSSR count). The molecule has 0 aliphatic carbocycles. The first-order valence-electron chi connectivity index (χ1n) is 5.94. The predicted molar refractivity (Wildman–Crippen MR) is 67.9 cm³/mol. The largest absolute Gasteiger partial charge is 0.508 e. The van der Waals surface area contributed by atoms with E-state index in [1.165, 1.54) is 12.1 Å². The van der Waals surface area contributed by atoms with Crippen LogP contribution in [-0.4, -0.2) is 16.2 Å². The molecule has 0 spiro atoms. The van der Waals surface area contributed by atoms with Gasteiger partial charge in [-0.2, -0.15) is 0 Å². The molecular formula is C15H12O4. The number of aromatic hydroxyl groups is 1. The number of aliphatic hydroxyl groups excluding tert-OH is 1. The van der Waals surface area contributed by atoms with E-state index >= 15 is 0 Å². The highest BCUT2D eigenvalue weighted by atomic mass is 16.5. The molecule has 2 N–H and O–H groups in total. The third-order valence-electron chi connectivity index (χ3n) is 3.25. The van der Waals surface area contributed by atoms with Gasteiger partial charge in [0.15, 0.2) is 0 Å². The molecule has 4 heteroatoms. The van der Waals surface area contributed by atoms with Crippen molar-refractivity contribution in [2.24, 2.45) is 0 Å². The zero-order valence-electron chi connectivity index (χ0n) is 9.98. The van der Waals surface area contributed by atoms with Crippen LogP contribution in [0.15, 0.2) is 48.5 Å². The van der Waals surface area contributed by atoms with Crippen LogP contribution in [0.2, 0.25) is 0 Å². The van der Waals surface area contributed by atoms with Crippen LogP contribution in [0.4, 0.5) is 0 Å². The molecule has 0 saturated heterocycles. The number of esters is 1. The molecule has 19 heavy (non-hydrogen) atoms. The van der Waals surface area contributed by atoms with Crippen LogP contribution in [0.5, 0.6) is 11.5 Å². The molecule has 0 fully saturated rings.